The summed E-state index contributed by atoms with van der Waals surface area (Å²) in [6.45, 7) is 2.21. The van der Waals surface area contributed by atoms with Crippen LogP contribution in [0, 0.1) is 0 Å². The SMILES string of the molecule is CCC1c2ccccc2-c2cc(O)ccc21. The zero-order valence-corrected chi connectivity index (χ0v) is 9.27. The van der Waals surface area contributed by atoms with Gasteiger partial charge in [-0.05, 0) is 40.8 Å². The Kier molecular flexibility index (Phi) is 2.00. The van der Waals surface area contributed by atoms with E-state index in [2.05, 4.69) is 37.3 Å². The molecule has 1 atom stereocenters. The standard InChI is InChI=1S/C15H14O/c1-2-11-12-5-3-4-6-13(12)15-9-10(16)7-8-14(11)15/h3-9,11,16H,2H2,1H3. The number of phenolic OH excluding ortho intramolecular Hbond substituents is 1. The number of hydrogen-bond donors (Lipinski definition) is 1. The molecule has 3 rings (SSSR count). The van der Waals surface area contributed by atoms with Crippen molar-refractivity contribution in [3.8, 4) is 16.9 Å². The molecule has 16 heavy (non-hydrogen) atoms. The summed E-state index contributed by atoms with van der Waals surface area (Å²) < 4.78 is 0. The molecule has 2 aromatic rings. The van der Waals surface area contributed by atoms with E-state index in [0.717, 1.165) is 6.42 Å². The van der Waals surface area contributed by atoms with E-state index >= 15 is 0 Å². The predicted molar refractivity (Wildman–Crippen MR) is 65.7 cm³/mol. The van der Waals surface area contributed by atoms with Gasteiger partial charge in [-0.2, -0.15) is 0 Å². The molecule has 1 aliphatic carbocycles. The first-order chi connectivity index (χ1) is 7.81. The van der Waals surface area contributed by atoms with Gasteiger partial charge in [0.15, 0.2) is 0 Å². The maximum Gasteiger partial charge on any atom is 0.116 e. The van der Waals surface area contributed by atoms with Gasteiger partial charge in [0.25, 0.3) is 0 Å². The first kappa shape index (κ1) is 9.46. The zero-order chi connectivity index (χ0) is 11.1. The average molecular weight is 210 g/mol. The fourth-order valence-corrected chi connectivity index (χ4v) is 2.73. The summed E-state index contributed by atoms with van der Waals surface area (Å²) in [6.07, 6.45) is 1.11. The highest BCUT2D eigenvalue weighted by Gasteiger charge is 2.26. The molecule has 1 aliphatic rings. The molecule has 0 amide bonds. The summed E-state index contributed by atoms with van der Waals surface area (Å²) in [6, 6.07) is 14.2. The van der Waals surface area contributed by atoms with E-state index in [0.29, 0.717) is 11.7 Å². The molecule has 1 N–H and O–H groups in total. The van der Waals surface area contributed by atoms with E-state index < -0.39 is 0 Å². The van der Waals surface area contributed by atoms with Gasteiger partial charge >= 0.3 is 0 Å². The topological polar surface area (TPSA) is 20.2 Å². The summed E-state index contributed by atoms with van der Waals surface area (Å²) in [5, 5.41) is 9.58. The number of hydrogen-bond acceptors (Lipinski definition) is 1. The minimum absolute atomic E-state index is 0.352. The molecule has 1 heteroatoms. The number of phenols is 1. The van der Waals surface area contributed by atoms with Crippen LogP contribution in [0.25, 0.3) is 11.1 Å². The largest absolute Gasteiger partial charge is 0.508 e. The number of fused-ring (bicyclic) bond motifs is 3. The Labute approximate surface area is 95.4 Å². The third kappa shape index (κ3) is 1.18. The lowest BCUT2D eigenvalue weighted by Crippen LogP contribution is -1.93. The van der Waals surface area contributed by atoms with Crippen molar-refractivity contribution in [2.24, 2.45) is 0 Å². The van der Waals surface area contributed by atoms with Crippen LogP contribution in [0.2, 0.25) is 0 Å². The van der Waals surface area contributed by atoms with Gasteiger partial charge in [0.2, 0.25) is 0 Å². The summed E-state index contributed by atoms with van der Waals surface area (Å²) in [7, 11) is 0. The monoisotopic (exact) mass is 210 g/mol. The Morgan fingerprint density at radius 1 is 1.00 bits per heavy atom. The van der Waals surface area contributed by atoms with E-state index in [1.165, 1.54) is 22.3 Å². The highest BCUT2D eigenvalue weighted by atomic mass is 16.3. The van der Waals surface area contributed by atoms with Gasteiger partial charge in [0.1, 0.15) is 5.75 Å². The van der Waals surface area contributed by atoms with Crippen LogP contribution in [0.5, 0.6) is 5.75 Å². The van der Waals surface area contributed by atoms with Crippen LogP contribution in [0.1, 0.15) is 30.4 Å². The molecule has 0 aliphatic heterocycles. The van der Waals surface area contributed by atoms with Crippen LogP contribution in [0.4, 0.5) is 0 Å². The first-order valence-electron chi connectivity index (χ1n) is 5.73. The zero-order valence-electron chi connectivity index (χ0n) is 9.27. The van der Waals surface area contributed by atoms with Gasteiger partial charge in [-0.25, -0.2) is 0 Å². The second-order valence-corrected chi connectivity index (χ2v) is 4.32. The van der Waals surface area contributed by atoms with Crippen LogP contribution in [-0.2, 0) is 0 Å². The minimum atomic E-state index is 0.352. The van der Waals surface area contributed by atoms with E-state index in [1.807, 2.05) is 6.07 Å². The Bertz CT molecular complexity index is 543. The highest BCUT2D eigenvalue weighted by molar-refractivity contribution is 5.79. The molecule has 0 spiro atoms. The molecular formula is C15H14O. The van der Waals surface area contributed by atoms with Crippen LogP contribution in [0.3, 0.4) is 0 Å². The molecule has 0 aromatic heterocycles. The summed E-state index contributed by atoms with van der Waals surface area (Å²) in [5.74, 6) is 0.845. The summed E-state index contributed by atoms with van der Waals surface area (Å²) in [4.78, 5) is 0. The van der Waals surface area contributed by atoms with Gasteiger partial charge < -0.3 is 5.11 Å². The third-order valence-corrected chi connectivity index (χ3v) is 3.45. The van der Waals surface area contributed by atoms with Crippen LogP contribution < -0.4 is 0 Å². The average Bonchev–Trinajstić information content (AvgIpc) is 2.62. The van der Waals surface area contributed by atoms with E-state index in [4.69, 9.17) is 0 Å². The third-order valence-electron chi connectivity index (χ3n) is 3.45. The smallest absolute Gasteiger partial charge is 0.116 e. The Morgan fingerprint density at radius 3 is 2.56 bits per heavy atom. The fourth-order valence-electron chi connectivity index (χ4n) is 2.73. The Morgan fingerprint density at radius 2 is 1.75 bits per heavy atom. The van der Waals surface area contributed by atoms with Crippen LogP contribution >= 0.6 is 0 Å². The quantitative estimate of drug-likeness (QED) is 0.756. The van der Waals surface area contributed by atoms with Crippen molar-refractivity contribution in [1.29, 1.82) is 0 Å². The minimum Gasteiger partial charge on any atom is -0.508 e. The maximum atomic E-state index is 9.58. The van der Waals surface area contributed by atoms with Crippen molar-refractivity contribution in [2.45, 2.75) is 19.3 Å². The fraction of sp³-hybridized carbons (Fsp3) is 0.200. The normalized spacial score (nSPS) is 16.9. The number of rotatable bonds is 1. The molecule has 0 saturated carbocycles. The number of aromatic hydroxyl groups is 1. The molecular weight excluding hydrogens is 196 g/mol. The molecule has 0 radical (unpaired) electrons. The number of benzene rings is 2. The molecule has 1 unspecified atom stereocenters. The molecule has 0 heterocycles. The summed E-state index contributed by atoms with van der Waals surface area (Å²) >= 11 is 0. The van der Waals surface area contributed by atoms with Crippen molar-refractivity contribution in [2.75, 3.05) is 0 Å². The molecule has 80 valence electrons. The maximum absolute atomic E-state index is 9.58. The molecule has 0 saturated heterocycles. The van der Waals surface area contributed by atoms with Gasteiger partial charge in [0, 0.05) is 5.92 Å². The molecule has 1 nitrogen and oxygen atoms in total. The Hall–Kier alpha value is -1.76. The van der Waals surface area contributed by atoms with Crippen molar-refractivity contribution in [3.05, 3.63) is 53.6 Å². The van der Waals surface area contributed by atoms with Crippen molar-refractivity contribution >= 4 is 0 Å². The van der Waals surface area contributed by atoms with E-state index in [9.17, 15) is 5.11 Å². The predicted octanol–water partition coefficient (Wildman–Crippen LogP) is 3.91. The van der Waals surface area contributed by atoms with Gasteiger partial charge in [-0.3, -0.25) is 0 Å². The second kappa shape index (κ2) is 3.38. The Balaban J connectivity index is 2.30. The summed E-state index contributed by atoms with van der Waals surface area (Å²) in [5.41, 5.74) is 5.22. The first-order valence-corrected chi connectivity index (χ1v) is 5.73. The van der Waals surface area contributed by atoms with Gasteiger partial charge in [-0.1, -0.05) is 37.3 Å². The second-order valence-electron chi connectivity index (χ2n) is 4.32. The van der Waals surface area contributed by atoms with Crippen molar-refractivity contribution in [3.63, 3.8) is 0 Å². The molecule has 2 aromatic carbocycles. The molecule has 0 fully saturated rings. The van der Waals surface area contributed by atoms with Crippen LogP contribution in [0.15, 0.2) is 42.5 Å². The molecule has 0 bridgehead atoms. The lowest BCUT2D eigenvalue weighted by Gasteiger charge is -2.09. The van der Waals surface area contributed by atoms with Crippen LogP contribution in [-0.4, -0.2) is 5.11 Å². The lowest BCUT2D eigenvalue weighted by atomic mass is 9.94. The lowest BCUT2D eigenvalue weighted by molar-refractivity contribution is 0.475. The van der Waals surface area contributed by atoms with Crippen molar-refractivity contribution in [1.82, 2.24) is 0 Å². The van der Waals surface area contributed by atoms with Gasteiger partial charge in [-0.15, -0.1) is 0 Å². The van der Waals surface area contributed by atoms with E-state index in [-0.39, 0.29) is 0 Å². The van der Waals surface area contributed by atoms with Gasteiger partial charge in [0.05, 0.1) is 0 Å². The van der Waals surface area contributed by atoms with Crippen molar-refractivity contribution < 1.29 is 5.11 Å². The highest BCUT2D eigenvalue weighted by Crippen LogP contribution is 2.46. The van der Waals surface area contributed by atoms with E-state index in [1.54, 1.807) is 6.07 Å².